The summed E-state index contributed by atoms with van der Waals surface area (Å²) in [6, 6.07) is 54.9. The zero-order valence-electron chi connectivity index (χ0n) is 29.2. The number of hydrogen-bond donors (Lipinski definition) is 0. The molecule has 5 heteroatoms. The Balaban J connectivity index is 1.18. The molecule has 0 bridgehead atoms. The summed E-state index contributed by atoms with van der Waals surface area (Å²) in [5, 5.41) is 4.67. The highest BCUT2D eigenvalue weighted by Crippen LogP contribution is 2.57. The molecule has 0 N–H and O–H groups in total. The number of aromatic nitrogens is 4. The van der Waals surface area contributed by atoms with Gasteiger partial charge in [-0.05, 0) is 53.1 Å². The smallest absolute Gasteiger partial charge is 0.164 e. The standard InChI is InChI=1S/C48H32N4O/c1-48(2)36-22-12-9-19-33(36)39-42(48)40-35-21-11-14-24-38(35)53-44(40)41-34-20-10-13-23-37(34)52(43(39)41)32-27-25-31(26-28-32)47-50-45(29-15-5-3-6-16-29)49-46(51-47)30-17-7-4-8-18-30/h3-28H,1-2H3. The van der Waals surface area contributed by atoms with E-state index in [2.05, 4.69) is 115 Å². The summed E-state index contributed by atoms with van der Waals surface area (Å²) in [6.45, 7) is 4.71. The van der Waals surface area contributed by atoms with E-state index < -0.39 is 0 Å². The molecule has 1 aliphatic rings. The Kier molecular flexibility index (Phi) is 6.23. The second kappa shape index (κ2) is 11.1. The third-order valence-electron chi connectivity index (χ3n) is 11.0. The van der Waals surface area contributed by atoms with Crippen LogP contribution >= 0.6 is 0 Å². The van der Waals surface area contributed by atoms with Crippen LogP contribution in [-0.4, -0.2) is 19.5 Å². The van der Waals surface area contributed by atoms with Crippen LogP contribution in [0.4, 0.5) is 0 Å². The molecule has 1 aliphatic carbocycles. The summed E-state index contributed by atoms with van der Waals surface area (Å²) in [4.78, 5) is 14.9. The first-order valence-corrected chi connectivity index (χ1v) is 18.0. The highest BCUT2D eigenvalue weighted by Gasteiger charge is 2.41. The molecule has 7 aromatic carbocycles. The van der Waals surface area contributed by atoms with Gasteiger partial charge in [0.2, 0.25) is 0 Å². The van der Waals surface area contributed by atoms with Gasteiger partial charge in [-0.3, -0.25) is 0 Å². The maximum atomic E-state index is 6.88. The molecule has 3 heterocycles. The minimum atomic E-state index is -0.234. The van der Waals surface area contributed by atoms with Crippen molar-refractivity contribution in [1.82, 2.24) is 19.5 Å². The number of hydrogen-bond acceptors (Lipinski definition) is 4. The van der Waals surface area contributed by atoms with Crippen LogP contribution in [0.2, 0.25) is 0 Å². The molecule has 0 aliphatic heterocycles. The molecule has 10 aromatic rings. The van der Waals surface area contributed by atoms with Crippen molar-refractivity contribution in [3.05, 3.63) is 169 Å². The van der Waals surface area contributed by atoms with Crippen molar-refractivity contribution in [2.45, 2.75) is 19.3 Å². The second-order valence-corrected chi connectivity index (χ2v) is 14.4. The Morgan fingerprint density at radius 1 is 0.509 bits per heavy atom. The van der Waals surface area contributed by atoms with Crippen LogP contribution in [-0.2, 0) is 5.41 Å². The molecule has 0 spiro atoms. The predicted octanol–water partition coefficient (Wildman–Crippen LogP) is 12.2. The van der Waals surface area contributed by atoms with Gasteiger partial charge in [0.1, 0.15) is 11.2 Å². The third kappa shape index (κ3) is 4.28. The van der Waals surface area contributed by atoms with E-state index in [4.69, 9.17) is 19.4 Å². The third-order valence-corrected chi connectivity index (χ3v) is 11.0. The molecule has 0 unspecified atom stereocenters. The Morgan fingerprint density at radius 3 is 1.74 bits per heavy atom. The van der Waals surface area contributed by atoms with Crippen LogP contribution < -0.4 is 0 Å². The van der Waals surface area contributed by atoms with Gasteiger partial charge >= 0.3 is 0 Å². The van der Waals surface area contributed by atoms with Crippen LogP contribution in [0.5, 0.6) is 0 Å². The number of rotatable bonds is 4. The van der Waals surface area contributed by atoms with Gasteiger partial charge in [-0.1, -0.05) is 135 Å². The summed E-state index contributed by atoms with van der Waals surface area (Å²) in [7, 11) is 0. The average Bonchev–Trinajstić information content (AvgIpc) is 3.84. The van der Waals surface area contributed by atoms with Crippen molar-refractivity contribution in [2.24, 2.45) is 0 Å². The fourth-order valence-electron chi connectivity index (χ4n) is 8.65. The van der Waals surface area contributed by atoms with Gasteiger partial charge in [-0.25, -0.2) is 15.0 Å². The lowest BCUT2D eigenvalue weighted by Gasteiger charge is -2.22. The molecule has 0 radical (unpaired) electrons. The maximum absolute atomic E-state index is 6.88. The van der Waals surface area contributed by atoms with Gasteiger partial charge in [0.15, 0.2) is 17.5 Å². The minimum absolute atomic E-state index is 0.234. The Morgan fingerprint density at radius 2 is 1.06 bits per heavy atom. The van der Waals surface area contributed by atoms with E-state index in [0.717, 1.165) is 60.7 Å². The molecule has 53 heavy (non-hydrogen) atoms. The number of para-hydroxylation sites is 2. The van der Waals surface area contributed by atoms with E-state index in [1.54, 1.807) is 0 Å². The highest BCUT2D eigenvalue weighted by atomic mass is 16.3. The van der Waals surface area contributed by atoms with Gasteiger partial charge in [0, 0.05) is 49.5 Å². The molecule has 0 atom stereocenters. The first-order chi connectivity index (χ1) is 26.1. The minimum Gasteiger partial charge on any atom is -0.455 e. The molecule has 250 valence electrons. The van der Waals surface area contributed by atoms with Crippen molar-refractivity contribution in [2.75, 3.05) is 0 Å². The lowest BCUT2D eigenvalue weighted by molar-refractivity contribution is 0.659. The molecule has 11 rings (SSSR count). The predicted molar refractivity (Wildman–Crippen MR) is 215 cm³/mol. The lowest BCUT2D eigenvalue weighted by Crippen LogP contribution is -2.15. The number of furan rings is 1. The molecule has 5 nitrogen and oxygen atoms in total. The summed E-state index contributed by atoms with van der Waals surface area (Å²) >= 11 is 0. The largest absolute Gasteiger partial charge is 0.455 e. The summed E-state index contributed by atoms with van der Waals surface area (Å²) < 4.78 is 9.30. The highest BCUT2D eigenvalue weighted by molar-refractivity contribution is 6.29. The Hall–Kier alpha value is -6.85. The SMILES string of the molecule is CC1(C)c2ccccc2-c2c1c1c3ccccc3oc1c1c3ccccc3n(-c3ccc(-c4nc(-c5ccccc5)nc(-c5ccccc5)n4)cc3)c21. The zero-order valence-corrected chi connectivity index (χ0v) is 29.2. The van der Waals surface area contributed by atoms with Gasteiger partial charge in [0.25, 0.3) is 0 Å². The lowest BCUT2D eigenvalue weighted by atomic mass is 9.80. The Bertz CT molecular complexity index is 3010. The fraction of sp³-hybridized carbons (Fsp3) is 0.0625. The average molecular weight is 681 g/mol. The number of fused-ring (bicyclic) bond motifs is 12. The van der Waals surface area contributed by atoms with E-state index in [1.165, 1.54) is 27.6 Å². The maximum Gasteiger partial charge on any atom is 0.164 e. The molecule has 0 saturated heterocycles. The van der Waals surface area contributed by atoms with Crippen molar-refractivity contribution in [1.29, 1.82) is 0 Å². The number of benzene rings is 7. The van der Waals surface area contributed by atoms with Crippen molar-refractivity contribution >= 4 is 43.7 Å². The Labute approximate surface area is 305 Å². The fourth-order valence-corrected chi connectivity index (χ4v) is 8.65. The van der Waals surface area contributed by atoms with Crippen LogP contribution in [0.3, 0.4) is 0 Å². The summed E-state index contributed by atoms with van der Waals surface area (Å²) in [5.74, 6) is 1.92. The van der Waals surface area contributed by atoms with E-state index >= 15 is 0 Å². The van der Waals surface area contributed by atoms with Crippen molar-refractivity contribution in [3.8, 4) is 51.0 Å². The molecule has 0 fully saturated rings. The monoisotopic (exact) mass is 680 g/mol. The number of nitrogens with zero attached hydrogens (tertiary/aromatic N) is 4. The van der Waals surface area contributed by atoms with E-state index in [1.807, 2.05) is 60.7 Å². The van der Waals surface area contributed by atoms with Crippen LogP contribution in [0, 0.1) is 0 Å². The molecular weight excluding hydrogens is 649 g/mol. The van der Waals surface area contributed by atoms with Crippen LogP contribution in [0.1, 0.15) is 25.0 Å². The van der Waals surface area contributed by atoms with Crippen LogP contribution in [0.25, 0.3) is 94.7 Å². The van der Waals surface area contributed by atoms with E-state index in [9.17, 15) is 0 Å². The quantitative estimate of drug-likeness (QED) is 0.186. The summed E-state index contributed by atoms with van der Waals surface area (Å²) in [6.07, 6.45) is 0. The van der Waals surface area contributed by atoms with Crippen molar-refractivity contribution < 1.29 is 4.42 Å². The molecule has 3 aromatic heterocycles. The molecule has 0 amide bonds. The van der Waals surface area contributed by atoms with Gasteiger partial charge in [-0.15, -0.1) is 0 Å². The zero-order chi connectivity index (χ0) is 35.3. The molecule has 0 saturated carbocycles. The first-order valence-electron chi connectivity index (χ1n) is 18.0. The van der Waals surface area contributed by atoms with Crippen LogP contribution in [0.15, 0.2) is 162 Å². The normalized spacial score (nSPS) is 13.2. The van der Waals surface area contributed by atoms with Gasteiger partial charge in [-0.2, -0.15) is 0 Å². The summed E-state index contributed by atoms with van der Waals surface area (Å²) in [5.41, 5.74) is 13.0. The van der Waals surface area contributed by atoms with Crippen molar-refractivity contribution in [3.63, 3.8) is 0 Å². The van der Waals surface area contributed by atoms with E-state index in [-0.39, 0.29) is 5.41 Å². The van der Waals surface area contributed by atoms with Gasteiger partial charge < -0.3 is 8.98 Å². The molecular formula is C48H32N4O. The second-order valence-electron chi connectivity index (χ2n) is 14.4. The van der Waals surface area contributed by atoms with Gasteiger partial charge in [0.05, 0.1) is 16.4 Å². The topological polar surface area (TPSA) is 56.7 Å². The first kappa shape index (κ1) is 29.8. The van der Waals surface area contributed by atoms with E-state index in [0.29, 0.717) is 17.5 Å².